The van der Waals surface area contributed by atoms with E-state index in [0.29, 0.717) is 6.04 Å². The molecule has 1 aromatic heterocycles. The van der Waals surface area contributed by atoms with Crippen molar-refractivity contribution in [1.29, 1.82) is 0 Å². The maximum atomic E-state index is 4.30. The Morgan fingerprint density at radius 3 is 2.80 bits per heavy atom. The Hall–Kier alpha value is -0.830. The molecule has 3 nitrogen and oxygen atoms in total. The number of hydrogen-bond donors (Lipinski definition) is 1. The van der Waals surface area contributed by atoms with E-state index in [-0.39, 0.29) is 0 Å². The van der Waals surface area contributed by atoms with Crippen LogP contribution in [0.2, 0.25) is 0 Å². The molecule has 0 unspecified atom stereocenters. The second kappa shape index (κ2) is 4.35. The van der Waals surface area contributed by atoms with Crippen LogP contribution in [0.15, 0.2) is 12.4 Å². The van der Waals surface area contributed by atoms with Crippen molar-refractivity contribution in [2.75, 3.05) is 0 Å². The van der Waals surface area contributed by atoms with Crippen molar-refractivity contribution in [2.24, 2.45) is 18.9 Å². The van der Waals surface area contributed by atoms with Gasteiger partial charge in [0.15, 0.2) is 0 Å². The van der Waals surface area contributed by atoms with Gasteiger partial charge in [-0.25, -0.2) is 4.98 Å². The smallest absolute Gasteiger partial charge is 0.122 e. The molecule has 3 heteroatoms. The molecule has 1 N–H and O–H groups in total. The zero-order chi connectivity index (χ0) is 10.8. The summed E-state index contributed by atoms with van der Waals surface area (Å²) in [6, 6.07) is 0.717. The SMILES string of the molecule is CC(C)C1CC(NCc2nccn2C)C1. The summed E-state index contributed by atoms with van der Waals surface area (Å²) >= 11 is 0. The van der Waals surface area contributed by atoms with E-state index in [9.17, 15) is 0 Å². The minimum absolute atomic E-state index is 0.717. The van der Waals surface area contributed by atoms with Gasteiger partial charge in [0.2, 0.25) is 0 Å². The fourth-order valence-corrected chi connectivity index (χ4v) is 2.18. The molecule has 84 valence electrons. The molecule has 0 atom stereocenters. The van der Waals surface area contributed by atoms with Crippen LogP contribution in [0.4, 0.5) is 0 Å². The van der Waals surface area contributed by atoms with Crippen molar-refractivity contribution in [3.63, 3.8) is 0 Å². The molecule has 1 heterocycles. The summed E-state index contributed by atoms with van der Waals surface area (Å²) in [6.45, 7) is 5.54. The van der Waals surface area contributed by atoms with Gasteiger partial charge < -0.3 is 9.88 Å². The Bertz CT molecular complexity index is 310. The summed E-state index contributed by atoms with van der Waals surface area (Å²) < 4.78 is 2.07. The number of nitrogens with zero attached hydrogens (tertiary/aromatic N) is 2. The summed E-state index contributed by atoms with van der Waals surface area (Å²) in [7, 11) is 2.04. The van der Waals surface area contributed by atoms with Gasteiger partial charge >= 0.3 is 0 Å². The number of rotatable bonds is 4. The van der Waals surface area contributed by atoms with Crippen LogP contribution in [0.3, 0.4) is 0 Å². The summed E-state index contributed by atoms with van der Waals surface area (Å²) in [5, 5.41) is 3.56. The minimum atomic E-state index is 0.717. The van der Waals surface area contributed by atoms with Crippen molar-refractivity contribution in [3.8, 4) is 0 Å². The maximum Gasteiger partial charge on any atom is 0.122 e. The normalized spacial score (nSPS) is 25.6. The lowest BCUT2D eigenvalue weighted by Crippen LogP contribution is -2.42. The second-order valence-corrected chi connectivity index (χ2v) is 5.01. The van der Waals surface area contributed by atoms with Gasteiger partial charge in [-0.1, -0.05) is 13.8 Å². The molecule has 0 bridgehead atoms. The van der Waals surface area contributed by atoms with Gasteiger partial charge in [-0.05, 0) is 24.7 Å². The predicted octanol–water partition coefficient (Wildman–Crippen LogP) is 1.94. The lowest BCUT2D eigenvalue weighted by atomic mass is 9.74. The van der Waals surface area contributed by atoms with Gasteiger partial charge in [-0.3, -0.25) is 0 Å². The molecule has 2 rings (SSSR count). The van der Waals surface area contributed by atoms with Crippen LogP contribution in [0.5, 0.6) is 0 Å². The first kappa shape index (κ1) is 10.7. The Labute approximate surface area is 91.9 Å². The molecule has 1 aliphatic rings. The van der Waals surface area contributed by atoms with Gasteiger partial charge in [-0.15, -0.1) is 0 Å². The maximum absolute atomic E-state index is 4.30. The van der Waals surface area contributed by atoms with Gasteiger partial charge in [0.1, 0.15) is 5.82 Å². The molecule has 1 fully saturated rings. The predicted molar refractivity (Wildman–Crippen MR) is 61.4 cm³/mol. The Kier molecular flexibility index (Phi) is 3.10. The first-order valence-corrected chi connectivity index (χ1v) is 5.86. The average molecular weight is 207 g/mol. The summed E-state index contributed by atoms with van der Waals surface area (Å²) in [5.74, 6) is 2.91. The highest BCUT2D eigenvalue weighted by Crippen LogP contribution is 2.33. The quantitative estimate of drug-likeness (QED) is 0.817. The molecule has 0 aliphatic heterocycles. The summed E-state index contributed by atoms with van der Waals surface area (Å²) in [5.41, 5.74) is 0. The Morgan fingerprint density at radius 2 is 2.27 bits per heavy atom. The van der Waals surface area contributed by atoms with Crippen LogP contribution in [0.1, 0.15) is 32.5 Å². The van der Waals surface area contributed by atoms with Gasteiger partial charge in [-0.2, -0.15) is 0 Å². The summed E-state index contributed by atoms with van der Waals surface area (Å²) in [6.07, 6.45) is 6.52. The molecule has 0 saturated heterocycles. The van der Waals surface area contributed by atoms with Crippen LogP contribution < -0.4 is 5.32 Å². The van der Waals surface area contributed by atoms with Crippen LogP contribution in [0, 0.1) is 11.8 Å². The topological polar surface area (TPSA) is 29.9 Å². The fraction of sp³-hybridized carbons (Fsp3) is 0.750. The summed E-state index contributed by atoms with van der Waals surface area (Å²) in [4.78, 5) is 4.30. The molecule has 1 aliphatic carbocycles. The van der Waals surface area contributed by atoms with Crippen molar-refractivity contribution < 1.29 is 0 Å². The first-order valence-electron chi connectivity index (χ1n) is 5.86. The van der Waals surface area contributed by atoms with Crippen molar-refractivity contribution in [2.45, 2.75) is 39.3 Å². The third-order valence-electron chi connectivity index (χ3n) is 3.59. The van der Waals surface area contributed by atoms with Gasteiger partial charge in [0, 0.05) is 25.5 Å². The minimum Gasteiger partial charge on any atom is -0.337 e. The van der Waals surface area contributed by atoms with Crippen LogP contribution >= 0.6 is 0 Å². The molecule has 15 heavy (non-hydrogen) atoms. The monoisotopic (exact) mass is 207 g/mol. The zero-order valence-corrected chi connectivity index (χ0v) is 9.90. The van der Waals surface area contributed by atoms with E-state index in [2.05, 4.69) is 28.7 Å². The zero-order valence-electron chi connectivity index (χ0n) is 9.90. The Morgan fingerprint density at radius 1 is 1.53 bits per heavy atom. The number of aryl methyl sites for hydroxylation is 1. The van der Waals surface area contributed by atoms with Crippen molar-refractivity contribution in [1.82, 2.24) is 14.9 Å². The standard InChI is InChI=1S/C12H21N3/c1-9(2)10-6-11(7-10)14-8-12-13-4-5-15(12)3/h4-5,9-11,14H,6-8H2,1-3H3. The lowest BCUT2D eigenvalue weighted by Gasteiger charge is -2.38. The van der Waals surface area contributed by atoms with Crippen molar-refractivity contribution in [3.05, 3.63) is 18.2 Å². The third kappa shape index (κ3) is 2.40. The highest BCUT2D eigenvalue weighted by molar-refractivity contribution is 4.93. The fourth-order valence-electron chi connectivity index (χ4n) is 2.18. The first-order chi connectivity index (χ1) is 7.16. The molecule has 0 spiro atoms. The van der Waals surface area contributed by atoms with E-state index >= 15 is 0 Å². The largest absolute Gasteiger partial charge is 0.337 e. The van der Waals surface area contributed by atoms with Gasteiger partial charge in [0.25, 0.3) is 0 Å². The van der Waals surface area contributed by atoms with Crippen LogP contribution in [0.25, 0.3) is 0 Å². The molecular formula is C12H21N3. The third-order valence-corrected chi connectivity index (χ3v) is 3.59. The van der Waals surface area contributed by atoms with E-state index in [1.54, 1.807) is 0 Å². The average Bonchev–Trinajstić information content (AvgIpc) is 2.48. The molecular weight excluding hydrogens is 186 g/mol. The van der Waals surface area contributed by atoms with E-state index in [0.717, 1.165) is 24.2 Å². The molecule has 0 radical (unpaired) electrons. The number of aromatic nitrogens is 2. The van der Waals surface area contributed by atoms with E-state index in [1.165, 1.54) is 12.8 Å². The number of nitrogens with one attached hydrogen (secondary N) is 1. The molecule has 0 amide bonds. The Balaban J connectivity index is 1.71. The molecule has 1 saturated carbocycles. The van der Waals surface area contributed by atoms with E-state index in [4.69, 9.17) is 0 Å². The molecule has 1 aromatic rings. The van der Waals surface area contributed by atoms with Crippen molar-refractivity contribution >= 4 is 0 Å². The molecule has 0 aromatic carbocycles. The van der Waals surface area contributed by atoms with Gasteiger partial charge in [0.05, 0.1) is 6.54 Å². The van der Waals surface area contributed by atoms with E-state index in [1.807, 2.05) is 19.4 Å². The highest BCUT2D eigenvalue weighted by atomic mass is 15.1. The van der Waals surface area contributed by atoms with Crippen LogP contribution in [-0.2, 0) is 13.6 Å². The van der Waals surface area contributed by atoms with Crippen LogP contribution in [-0.4, -0.2) is 15.6 Å². The lowest BCUT2D eigenvalue weighted by molar-refractivity contribution is 0.166. The number of imidazole rings is 1. The van der Waals surface area contributed by atoms with E-state index < -0.39 is 0 Å². The highest BCUT2D eigenvalue weighted by Gasteiger charge is 2.30. The number of hydrogen-bond acceptors (Lipinski definition) is 2. The second-order valence-electron chi connectivity index (χ2n) is 5.01.